The first kappa shape index (κ1) is 16.4. The number of nitrogens with zero attached hydrogens (tertiary/aromatic N) is 1. The predicted molar refractivity (Wildman–Crippen MR) is 78.1 cm³/mol. The van der Waals surface area contributed by atoms with Crippen molar-refractivity contribution >= 4 is 11.7 Å². The summed E-state index contributed by atoms with van der Waals surface area (Å²) in [5.74, 6) is -0.641. The van der Waals surface area contributed by atoms with Crippen LogP contribution in [-0.4, -0.2) is 31.7 Å². The number of rotatable bonds is 7. The number of benzene rings is 1. The molecule has 0 aromatic heterocycles. The first-order chi connectivity index (χ1) is 9.36. The van der Waals surface area contributed by atoms with Gasteiger partial charge in [0.25, 0.3) is 0 Å². The van der Waals surface area contributed by atoms with Gasteiger partial charge < -0.3 is 15.4 Å². The molecule has 0 fully saturated rings. The molecule has 0 aliphatic heterocycles. The van der Waals surface area contributed by atoms with Crippen molar-refractivity contribution < 1.29 is 13.9 Å². The molecule has 0 heterocycles. The van der Waals surface area contributed by atoms with E-state index in [1.807, 2.05) is 18.0 Å². The van der Waals surface area contributed by atoms with Crippen LogP contribution in [-0.2, 0) is 9.53 Å². The zero-order valence-corrected chi connectivity index (χ0v) is 12.4. The molecule has 0 saturated carbocycles. The lowest BCUT2D eigenvalue weighted by Crippen LogP contribution is -2.46. The Hall–Kier alpha value is -1.62. The molecule has 0 radical (unpaired) electrons. The highest BCUT2D eigenvalue weighted by Crippen LogP contribution is 2.16. The first-order valence-corrected chi connectivity index (χ1v) is 6.79. The molecular weight excluding hydrogens is 259 g/mol. The van der Waals surface area contributed by atoms with E-state index in [4.69, 9.17) is 10.5 Å². The van der Waals surface area contributed by atoms with Gasteiger partial charge >= 0.3 is 5.97 Å². The number of hydrogen-bond donors (Lipinski definition) is 1. The van der Waals surface area contributed by atoms with Gasteiger partial charge in [-0.15, -0.1) is 0 Å². The van der Waals surface area contributed by atoms with E-state index in [2.05, 4.69) is 0 Å². The molecule has 2 N–H and O–H groups in total. The van der Waals surface area contributed by atoms with E-state index in [1.54, 1.807) is 19.9 Å². The minimum Gasteiger partial charge on any atom is -0.465 e. The van der Waals surface area contributed by atoms with Crippen LogP contribution in [0.25, 0.3) is 0 Å². The Balaban J connectivity index is 2.46. The average molecular weight is 282 g/mol. The second kappa shape index (κ2) is 7.24. The molecule has 1 atom stereocenters. The Morgan fingerprint density at radius 1 is 1.50 bits per heavy atom. The number of ether oxygens (including phenoxy) is 1. The van der Waals surface area contributed by atoms with E-state index in [1.165, 1.54) is 12.1 Å². The van der Waals surface area contributed by atoms with Gasteiger partial charge in [0.15, 0.2) is 0 Å². The normalized spacial score (nSPS) is 13.7. The Labute approximate surface area is 119 Å². The standard InChI is InChI=1S/C15H23FN2O2/c1-4-20-14(19)15(2,17)9-6-10-18(3)13-8-5-7-12(16)11-13/h5,7-8,11H,4,6,9-10,17H2,1-3H3. The fraction of sp³-hybridized carbons (Fsp3) is 0.533. The molecule has 0 saturated heterocycles. The van der Waals surface area contributed by atoms with Crippen molar-refractivity contribution in [3.05, 3.63) is 30.1 Å². The van der Waals surface area contributed by atoms with E-state index in [0.717, 1.165) is 12.1 Å². The second-order valence-corrected chi connectivity index (χ2v) is 5.14. The third-order valence-electron chi connectivity index (χ3n) is 3.18. The number of halogens is 1. The number of carbonyl (C=O) groups is 1. The Kier molecular flexibility index (Phi) is 5.95. The van der Waals surface area contributed by atoms with Crippen molar-refractivity contribution in [1.82, 2.24) is 0 Å². The van der Waals surface area contributed by atoms with Gasteiger partial charge in [-0.05, 0) is 44.9 Å². The summed E-state index contributed by atoms with van der Waals surface area (Å²) in [5, 5.41) is 0. The molecule has 5 heteroatoms. The molecule has 0 aliphatic rings. The maximum atomic E-state index is 13.1. The summed E-state index contributed by atoms with van der Waals surface area (Å²) in [5.41, 5.74) is 5.77. The number of carbonyl (C=O) groups excluding carboxylic acids is 1. The fourth-order valence-corrected chi connectivity index (χ4v) is 1.92. The lowest BCUT2D eigenvalue weighted by molar-refractivity contribution is -0.149. The van der Waals surface area contributed by atoms with Crippen LogP contribution >= 0.6 is 0 Å². The molecule has 1 rings (SSSR count). The van der Waals surface area contributed by atoms with Gasteiger partial charge in [-0.25, -0.2) is 4.39 Å². The molecule has 1 aromatic carbocycles. The van der Waals surface area contributed by atoms with E-state index in [9.17, 15) is 9.18 Å². The van der Waals surface area contributed by atoms with Crippen LogP contribution in [0.5, 0.6) is 0 Å². The molecule has 0 bridgehead atoms. The number of esters is 1. The topological polar surface area (TPSA) is 55.6 Å². The summed E-state index contributed by atoms with van der Waals surface area (Å²) >= 11 is 0. The lowest BCUT2D eigenvalue weighted by atomic mass is 9.97. The van der Waals surface area contributed by atoms with Crippen molar-refractivity contribution in [1.29, 1.82) is 0 Å². The largest absolute Gasteiger partial charge is 0.465 e. The minimum atomic E-state index is -0.973. The van der Waals surface area contributed by atoms with Crippen LogP contribution in [0.4, 0.5) is 10.1 Å². The highest BCUT2D eigenvalue weighted by molar-refractivity contribution is 5.79. The fourth-order valence-electron chi connectivity index (χ4n) is 1.92. The number of anilines is 1. The van der Waals surface area contributed by atoms with Gasteiger partial charge in [0.05, 0.1) is 6.61 Å². The Morgan fingerprint density at radius 2 is 2.20 bits per heavy atom. The lowest BCUT2D eigenvalue weighted by Gasteiger charge is -2.24. The van der Waals surface area contributed by atoms with Crippen molar-refractivity contribution in [2.75, 3.05) is 25.1 Å². The van der Waals surface area contributed by atoms with Gasteiger partial charge in [-0.2, -0.15) is 0 Å². The van der Waals surface area contributed by atoms with Gasteiger partial charge in [-0.3, -0.25) is 4.79 Å². The van der Waals surface area contributed by atoms with E-state index in [0.29, 0.717) is 19.6 Å². The van der Waals surface area contributed by atoms with Crippen LogP contribution in [0.2, 0.25) is 0 Å². The Bertz CT molecular complexity index is 449. The van der Waals surface area contributed by atoms with Gasteiger partial charge in [0.1, 0.15) is 11.4 Å². The molecule has 1 aromatic rings. The summed E-state index contributed by atoms with van der Waals surface area (Å²) in [6.07, 6.45) is 1.24. The van der Waals surface area contributed by atoms with E-state index in [-0.39, 0.29) is 11.8 Å². The zero-order valence-electron chi connectivity index (χ0n) is 12.4. The van der Waals surface area contributed by atoms with Crippen molar-refractivity contribution in [2.45, 2.75) is 32.2 Å². The summed E-state index contributed by atoms with van der Waals surface area (Å²) in [6, 6.07) is 6.41. The number of hydrogen-bond acceptors (Lipinski definition) is 4. The van der Waals surface area contributed by atoms with Crippen molar-refractivity contribution in [3.63, 3.8) is 0 Å². The van der Waals surface area contributed by atoms with Crippen LogP contribution < -0.4 is 10.6 Å². The first-order valence-electron chi connectivity index (χ1n) is 6.79. The summed E-state index contributed by atoms with van der Waals surface area (Å²) in [7, 11) is 1.88. The summed E-state index contributed by atoms with van der Waals surface area (Å²) < 4.78 is 18.1. The molecule has 20 heavy (non-hydrogen) atoms. The summed E-state index contributed by atoms with van der Waals surface area (Å²) in [6.45, 7) is 4.45. The molecule has 0 aliphatic carbocycles. The highest BCUT2D eigenvalue weighted by atomic mass is 19.1. The number of nitrogens with two attached hydrogens (primary N) is 1. The second-order valence-electron chi connectivity index (χ2n) is 5.14. The predicted octanol–water partition coefficient (Wildman–Crippen LogP) is 2.32. The third kappa shape index (κ3) is 4.81. The maximum absolute atomic E-state index is 13.1. The summed E-state index contributed by atoms with van der Waals surface area (Å²) in [4.78, 5) is 13.6. The smallest absolute Gasteiger partial charge is 0.325 e. The van der Waals surface area contributed by atoms with Gasteiger partial charge in [0.2, 0.25) is 0 Å². The van der Waals surface area contributed by atoms with Crippen LogP contribution in [0.15, 0.2) is 24.3 Å². The monoisotopic (exact) mass is 282 g/mol. The zero-order chi connectivity index (χ0) is 15.2. The van der Waals surface area contributed by atoms with Crippen LogP contribution in [0.3, 0.4) is 0 Å². The average Bonchev–Trinajstić information content (AvgIpc) is 2.38. The van der Waals surface area contributed by atoms with Gasteiger partial charge in [0, 0.05) is 19.3 Å². The molecule has 1 unspecified atom stereocenters. The van der Waals surface area contributed by atoms with Gasteiger partial charge in [-0.1, -0.05) is 6.07 Å². The van der Waals surface area contributed by atoms with E-state index < -0.39 is 5.54 Å². The molecular formula is C15H23FN2O2. The maximum Gasteiger partial charge on any atom is 0.325 e. The molecule has 112 valence electrons. The minimum absolute atomic E-state index is 0.260. The molecule has 0 spiro atoms. The SMILES string of the molecule is CCOC(=O)C(C)(N)CCCN(C)c1cccc(F)c1. The van der Waals surface area contributed by atoms with Crippen molar-refractivity contribution in [3.8, 4) is 0 Å². The Morgan fingerprint density at radius 3 is 2.80 bits per heavy atom. The van der Waals surface area contributed by atoms with Crippen LogP contribution in [0, 0.1) is 5.82 Å². The highest BCUT2D eigenvalue weighted by Gasteiger charge is 2.29. The van der Waals surface area contributed by atoms with E-state index >= 15 is 0 Å². The quantitative estimate of drug-likeness (QED) is 0.780. The van der Waals surface area contributed by atoms with Crippen molar-refractivity contribution in [2.24, 2.45) is 5.73 Å². The molecule has 0 amide bonds. The molecule has 4 nitrogen and oxygen atoms in total. The third-order valence-corrected chi connectivity index (χ3v) is 3.18. The van der Waals surface area contributed by atoms with Crippen LogP contribution in [0.1, 0.15) is 26.7 Å².